The highest BCUT2D eigenvalue weighted by Crippen LogP contribution is 2.12. The van der Waals surface area contributed by atoms with Crippen molar-refractivity contribution in [1.82, 2.24) is 15.2 Å². The molecule has 3 amide bonds. The van der Waals surface area contributed by atoms with Crippen molar-refractivity contribution in [2.24, 2.45) is 0 Å². The average molecular weight is 270 g/mol. The Bertz CT molecular complexity index is 595. The molecule has 0 saturated carbocycles. The topological polar surface area (TPSA) is 122 Å². The van der Waals surface area contributed by atoms with Gasteiger partial charge in [-0.15, -0.1) is 4.83 Å². The Balaban J connectivity index is 2.20. The predicted octanol–water partition coefficient (Wildman–Crippen LogP) is -0.986. The number of carbonyl (C=O) groups is 2. The summed E-state index contributed by atoms with van der Waals surface area (Å²) in [6.07, 6.45) is 0. The molecule has 1 heterocycles. The molecule has 1 fully saturated rings. The molecule has 96 valence electrons. The van der Waals surface area contributed by atoms with Crippen molar-refractivity contribution in [1.29, 1.82) is 0 Å². The van der Waals surface area contributed by atoms with Crippen molar-refractivity contribution in [3.05, 3.63) is 24.3 Å². The number of nitrogens with two attached hydrogens (primary N) is 1. The number of rotatable bonds is 3. The van der Waals surface area contributed by atoms with Crippen molar-refractivity contribution in [3.8, 4) is 0 Å². The van der Waals surface area contributed by atoms with Crippen LogP contribution in [0.1, 0.15) is 0 Å². The molecule has 1 aromatic rings. The van der Waals surface area contributed by atoms with Crippen LogP contribution in [0.2, 0.25) is 0 Å². The van der Waals surface area contributed by atoms with Crippen molar-refractivity contribution in [2.75, 3.05) is 12.3 Å². The first kappa shape index (κ1) is 12.3. The minimum absolute atomic E-state index is 0.0520. The average Bonchev–Trinajstić information content (AvgIpc) is 2.57. The number of hydrogen-bond donors (Lipinski definition) is 3. The van der Waals surface area contributed by atoms with E-state index in [4.69, 9.17) is 5.73 Å². The molecule has 1 aromatic carbocycles. The Morgan fingerprint density at radius 1 is 1.22 bits per heavy atom. The Morgan fingerprint density at radius 3 is 2.33 bits per heavy atom. The lowest BCUT2D eigenvalue weighted by atomic mass is 10.3. The highest BCUT2D eigenvalue weighted by atomic mass is 32.2. The first-order valence-corrected chi connectivity index (χ1v) is 6.36. The zero-order valence-electron chi connectivity index (χ0n) is 9.08. The molecule has 0 unspecified atom stereocenters. The SMILES string of the molecule is Nc1ccc(S(=O)(=O)NN2CC(=O)NC2=O)cc1. The van der Waals surface area contributed by atoms with Crippen LogP contribution in [-0.4, -0.2) is 31.9 Å². The van der Waals surface area contributed by atoms with Gasteiger partial charge in [0.2, 0.25) is 5.91 Å². The van der Waals surface area contributed by atoms with Crippen LogP contribution < -0.4 is 15.9 Å². The Morgan fingerprint density at radius 2 is 1.83 bits per heavy atom. The summed E-state index contributed by atoms with van der Waals surface area (Å²) in [5, 5.41) is 2.64. The number of nitrogens with zero attached hydrogens (tertiary/aromatic N) is 1. The fourth-order valence-corrected chi connectivity index (χ4v) is 2.40. The van der Waals surface area contributed by atoms with Gasteiger partial charge in [-0.05, 0) is 24.3 Å². The van der Waals surface area contributed by atoms with Crippen LogP contribution in [0.5, 0.6) is 0 Å². The molecule has 4 N–H and O–H groups in total. The van der Waals surface area contributed by atoms with Crippen LogP contribution in [0, 0.1) is 0 Å². The van der Waals surface area contributed by atoms with E-state index in [1.165, 1.54) is 24.3 Å². The largest absolute Gasteiger partial charge is 0.399 e. The molecular formula is C9H10N4O4S. The number of sulfonamides is 1. The summed E-state index contributed by atoms with van der Waals surface area (Å²) in [5.41, 5.74) is 5.86. The Labute approximate surface area is 103 Å². The number of hydrazine groups is 1. The van der Waals surface area contributed by atoms with Gasteiger partial charge in [-0.2, -0.15) is 0 Å². The van der Waals surface area contributed by atoms with Gasteiger partial charge < -0.3 is 5.73 Å². The van der Waals surface area contributed by atoms with E-state index in [2.05, 4.69) is 0 Å². The second-order valence-corrected chi connectivity index (χ2v) is 5.26. The monoisotopic (exact) mass is 270 g/mol. The molecule has 0 radical (unpaired) electrons. The van der Waals surface area contributed by atoms with Gasteiger partial charge in [-0.1, -0.05) is 0 Å². The van der Waals surface area contributed by atoms with E-state index in [1.807, 2.05) is 10.1 Å². The minimum Gasteiger partial charge on any atom is -0.399 e. The van der Waals surface area contributed by atoms with Crippen LogP contribution in [0.3, 0.4) is 0 Å². The van der Waals surface area contributed by atoms with Crippen molar-refractivity contribution in [3.63, 3.8) is 0 Å². The number of carbonyl (C=O) groups excluding carboxylic acids is 2. The van der Waals surface area contributed by atoms with Crippen molar-refractivity contribution in [2.45, 2.75) is 4.90 Å². The lowest BCUT2D eigenvalue weighted by molar-refractivity contribution is -0.118. The van der Waals surface area contributed by atoms with E-state index in [9.17, 15) is 18.0 Å². The van der Waals surface area contributed by atoms with Gasteiger partial charge in [0.25, 0.3) is 10.0 Å². The molecule has 18 heavy (non-hydrogen) atoms. The minimum atomic E-state index is -3.91. The maximum atomic E-state index is 11.9. The van der Waals surface area contributed by atoms with Gasteiger partial charge in [0, 0.05) is 5.69 Å². The summed E-state index contributed by atoms with van der Waals surface area (Å²) in [5.74, 6) is -0.569. The summed E-state index contributed by atoms with van der Waals surface area (Å²) in [6.45, 7) is -0.354. The first-order chi connectivity index (χ1) is 8.38. The summed E-state index contributed by atoms with van der Waals surface area (Å²) in [4.78, 5) is 24.1. The molecule has 8 nitrogen and oxygen atoms in total. The predicted molar refractivity (Wildman–Crippen MR) is 61.4 cm³/mol. The molecule has 2 rings (SSSR count). The van der Waals surface area contributed by atoms with Gasteiger partial charge >= 0.3 is 6.03 Å². The summed E-state index contributed by atoms with van der Waals surface area (Å²) >= 11 is 0. The van der Waals surface area contributed by atoms with E-state index in [-0.39, 0.29) is 11.4 Å². The lowest BCUT2D eigenvalue weighted by Crippen LogP contribution is -2.43. The number of imide groups is 1. The van der Waals surface area contributed by atoms with Gasteiger partial charge in [-0.3, -0.25) is 10.1 Å². The molecule has 0 aromatic heterocycles. The Kier molecular flexibility index (Phi) is 2.93. The fourth-order valence-electron chi connectivity index (χ4n) is 1.36. The molecule has 0 spiro atoms. The third kappa shape index (κ3) is 2.41. The smallest absolute Gasteiger partial charge is 0.339 e. The second-order valence-electron chi connectivity index (χ2n) is 3.60. The molecule has 9 heteroatoms. The van der Waals surface area contributed by atoms with Gasteiger partial charge in [0.15, 0.2) is 0 Å². The van der Waals surface area contributed by atoms with Gasteiger partial charge in [-0.25, -0.2) is 18.2 Å². The number of benzene rings is 1. The third-order valence-electron chi connectivity index (χ3n) is 2.21. The molecule has 1 aliphatic heterocycles. The van der Waals surface area contributed by atoms with Crippen LogP contribution in [0.4, 0.5) is 10.5 Å². The molecule has 0 bridgehead atoms. The number of anilines is 1. The number of nitrogens with one attached hydrogen (secondary N) is 2. The number of urea groups is 1. The highest BCUT2D eigenvalue weighted by Gasteiger charge is 2.30. The van der Waals surface area contributed by atoms with Crippen LogP contribution >= 0.6 is 0 Å². The standard InChI is InChI=1S/C9H10N4O4S/c10-6-1-3-7(4-2-6)18(16,17)12-13-5-8(14)11-9(13)15/h1-4,12H,5,10H2,(H,11,14,15). The maximum absolute atomic E-state index is 11.9. The summed E-state index contributed by atoms with van der Waals surface area (Å²) < 4.78 is 23.7. The highest BCUT2D eigenvalue weighted by molar-refractivity contribution is 7.89. The van der Waals surface area contributed by atoms with E-state index in [0.717, 1.165) is 0 Å². The van der Waals surface area contributed by atoms with Crippen LogP contribution in [-0.2, 0) is 14.8 Å². The van der Waals surface area contributed by atoms with E-state index < -0.39 is 22.0 Å². The quantitative estimate of drug-likeness (QED) is 0.481. The second kappa shape index (κ2) is 4.27. The molecule has 0 aliphatic carbocycles. The maximum Gasteiger partial charge on any atom is 0.339 e. The Hall–Kier alpha value is -2.13. The van der Waals surface area contributed by atoms with Crippen LogP contribution in [0.15, 0.2) is 29.2 Å². The lowest BCUT2D eigenvalue weighted by Gasteiger charge is -2.14. The normalized spacial score (nSPS) is 15.9. The fraction of sp³-hybridized carbons (Fsp3) is 0.111. The molecule has 1 saturated heterocycles. The first-order valence-electron chi connectivity index (χ1n) is 4.88. The van der Waals surface area contributed by atoms with E-state index in [0.29, 0.717) is 10.7 Å². The number of amides is 3. The van der Waals surface area contributed by atoms with Gasteiger partial charge in [0.05, 0.1) is 4.90 Å². The molecular weight excluding hydrogens is 260 g/mol. The summed E-state index contributed by atoms with van der Waals surface area (Å²) in [7, 11) is -3.91. The van der Waals surface area contributed by atoms with Crippen molar-refractivity contribution < 1.29 is 18.0 Å². The number of nitrogen functional groups attached to an aromatic ring is 1. The molecule has 0 atom stereocenters. The zero-order valence-corrected chi connectivity index (χ0v) is 9.90. The third-order valence-corrected chi connectivity index (χ3v) is 3.57. The number of hydrogen-bond acceptors (Lipinski definition) is 5. The van der Waals surface area contributed by atoms with Crippen molar-refractivity contribution >= 4 is 27.6 Å². The van der Waals surface area contributed by atoms with E-state index >= 15 is 0 Å². The van der Waals surface area contributed by atoms with Crippen LogP contribution in [0.25, 0.3) is 0 Å². The van der Waals surface area contributed by atoms with Gasteiger partial charge in [0.1, 0.15) is 6.54 Å². The summed E-state index contributed by atoms with van der Waals surface area (Å²) in [6, 6.07) is 4.63. The van der Waals surface area contributed by atoms with E-state index in [1.54, 1.807) is 0 Å². The zero-order chi connectivity index (χ0) is 13.3. The molecule has 1 aliphatic rings.